The first-order valence-electron chi connectivity index (χ1n) is 7.18. The molecule has 1 unspecified atom stereocenters. The topological polar surface area (TPSA) is 66.6 Å². The third-order valence-electron chi connectivity index (χ3n) is 3.26. The molecule has 2 aromatic heterocycles. The van der Waals surface area contributed by atoms with Gasteiger partial charge in [-0.2, -0.15) is 0 Å². The largest absolute Gasteiger partial charge is 0.388 e. The van der Waals surface area contributed by atoms with E-state index in [1.807, 2.05) is 22.9 Å². The van der Waals surface area contributed by atoms with Crippen molar-refractivity contribution < 1.29 is 9.90 Å². The Morgan fingerprint density at radius 1 is 1.57 bits per heavy atom. The van der Waals surface area contributed by atoms with E-state index in [1.165, 1.54) is 11.3 Å². The molecule has 0 saturated heterocycles. The normalized spacial score (nSPS) is 14.6. The van der Waals surface area contributed by atoms with Gasteiger partial charge in [0, 0.05) is 23.8 Å². The molecule has 0 aliphatic rings. The van der Waals surface area contributed by atoms with Crippen LogP contribution in [-0.4, -0.2) is 32.5 Å². The van der Waals surface area contributed by atoms with Gasteiger partial charge in [-0.3, -0.25) is 9.20 Å². The van der Waals surface area contributed by atoms with Gasteiger partial charge in [0.25, 0.3) is 0 Å². The Labute approximate surface area is 129 Å². The highest BCUT2D eigenvalue weighted by atomic mass is 32.1. The van der Waals surface area contributed by atoms with Gasteiger partial charge in [0.2, 0.25) is 5.91 Å². The van der Waals surface area contributed by atoms with Crippen molar-refractivity contribution in [2.45, 2.75) is 46.1 Å². The molecule has 2 N–H and O–H groups in total. The molecule has 2 rings (SSSR count). The molecule has 1 amide bonds. The molecule has 2 aromatic rings. The van der Waals surface area contributed by atoms with Gasteiger partial charge in [0.15, 0.2) is 4.96 Å². The Bertz CT molecular complexity index is 628. The summed E-state index contributed by atoms with van der Waals surface area (Å²) in [6, 6.07) is 0. The number of carbonyl (C=O) groups excluding carboxylic acids is 1. The second-order valence-corrected chi connectivity index (χ2v) is 7.15. The van der Waals surface area contributed by atoms with Crippen LogP contribution in [0.1, 0.15) is 38.6 Å². The second-order valence-electron chi connectivity index (χ2n) is 6.31. The van der Waals surface area contributed by atoms with E-state index >= 15 is 0 Å². The minimum absolute atomic E-state index is 0.0786. The van der Waals surface area contributed by atoms with E-state index in [9.17, 15) is 9.90 Å². The molecule has 0 aliphatic carbocycles. The summed E-state index contributed by atoms with van der Waals surface area (Å²) < 4.78 is 1.95. The number of nitrogens with one attached hydrogen (secondary N) is 1. The van der Waals surface area contributed by atoms with Crippen LogP contribution in [0.2, 0.25) is 0 Å². The number of aryl methyl sites for hydroxylation is 1. The molecule has 0 saturated carbocycles. The van der Waals surface area contributed by atoms with Crippen LogP contribution >= 0.6 is 11.3 Å². The number of nitrogens with zero attached hydrogens (tertiary/aromatic N) is 2. The first-order valence-corrected chi connectivity index (χ1v) is 8.06. The molecular formula is C15H23N3O2S. The third kappa shape index (κ3) is 4.28. The molecule has 2 heterocycles. The first-order chi connectivity index (χ1) is 9.77. The minimum Gasteiger partial charge on any atom is -0.388 e. The standard InChI is InChI=1S/C15H23N3O2S/c1-10(2)6-15(4,20)9-16-13(19)5-12-8-21-14-17-11(3)7-18(12)14/h7-8,10,20H,5-6,9H2,1-4H3,(H,16,19). The molecule has 116 valence electrons. The van der Waals surface area contributed by atoms with Crippen LogP contribution in [0.4, 0.5) is 0 Å². The number of hydrogen-bond donors (Lipinski definition) is 2. The van der Waals surface area contributed by atoms with Crippen LogP contribution in [0.3, 0.4) is 0 Å². The summed E-state index contributed by atoms with van der Waals surface area (Å²) in [6.07, 6.45) is 2.90. The molecule has 0 radical (unpaired) electrons. The maximum atomic E-state index is 12.0. The number of imidazole rings is 1. The van der Waals surface area contributed by atoms with E-state index in [2.05, 4.69) is 24.1 Å². The van der Waals surface area contributed by atoms with Crippen molar-refractivity contribution >= 4 is 22.2 Å². The number of fused-ring (bicyclic) bond motifs is 1. The lowest BCUT2D eigenvalue weighted by atomic mass is 9.94. The van der Waals surface area contributed by atoms with Crippen LogP contribution in [0.5, 0.6) is 0 Å². The highest BCUT2D eigenvalue weighted by Gasteiger charge is 2.22. The number of carbonyl (C=O) groups is 1. The number of aromatic nitrogens is 2. The summed E-state index contributed by atoms with van der Waals surface area (Å²) in [7, 11) is 0. The van der Waals surface area contributed by atoms with Gasteiger partial charge in [-0.1, -0.05) is 13.8 Å². The lowest BCUT2D eigenvalue weighted by Crippen LogP contribution is -2.42. The van der Waals surface area contributed by atoms with E-state index in [1.54, 1.807) is 6.92 Å². The van der Waals surface area contributed by atoms with Gasteiger partial charge in [-0.15, -0.1) is 11.3 Å². The molecule has 0 fully saturated rings. The second kappa shape index (κ2) is 6.15. The summed E-state index contributed by atoms with van der Waals surface area (Å²) in [5.41, 5.74) is 1.01. The Hall–Kier alpha value is -1.40. The fraction of sp³-hybridized carbons (Fsp3) is 0.600. The number of amides is 1. The van der Waals surface area contributed by atoms with E-state index in [0.717, 1.165) is 16.3 Å². The zero-order valence-corrected chi connectivity index (χ0v) is 13.8. The summed E-state index contributed by atoms with van der Waals surface area (Å²) in [5, 5.41) is 15.0. The molecule has 0 spiro atoms. The molecule has 6 heteroatoms. The maximum Gasteiger partial charge on any atom is 0.226 e. The SMILES string of the molecule is Cc1cn2c(CC(=O)NCC(C)(O)CC(C)C)csc2n1. The summed E-state index contributed by atoms with van der Waals surface area (Å²) in [6.45, 7) is 8.09. The zero-order chi connectivity index (χ0) is 15.6. The Balaban J connectivity index is 1.93. The van der Waals surface area contributed by atoms with E-state index in [4.69, 9.17) is 0 Å². The monoisotopic (exact) mass is 309 g/mol. The van der Waals surface area contributed by atoms with Crippen molar-refractivity contribution in [2.24, 2.45) is 5.92 Å². The highest BCUT2D eigenvalue weighted by molar-refractivity contribution is 7.15. The minimum atomic E-state index is -0.862. The number of hydrogen-bond acceptors (Lipinski definition) is 4. The molecule has 0 bridgehead atoms. The predicted molar refractivity (Wildman–Crippen MR) is 84.6 cm³/mol. The van der Waals surface area contributed by atoms with Crippen molar-refractivity contribution in [3.63, 3.8) is 0 Å². The highest BCUT2D eigenvalue weighted by Crippen LogP contribution is 2.17. The van der Waals surface area contributed by atoms with Gasteiger partial charge >= 0.3 is 0 Å². The smallest absolute Gasteiger partial charge is 0.226 e. The lowest BCUT2D eigenvalue weighted by molar-refractivity contribution is -0.121. The maximum absolute atomic E-state index is 12.0. The lowest BCUT2D eigenvalue weighted by Gasteiger charge is -2.25. The number of rotatable bonds is 6. The zero-order valence-electron chi connectivity index (χ0n) is 13.0. The molecule has 0 aromatic carbocycles. The van der Waals surface area contributed by atoms with Gasteiger partial charge in [-0.25, -0.2) is 4.98 Å². The summed E-state index contributed by atoms with van der Waals surface area (Å²) >= 11 is 1.53. The molecule has 5 nitrogen and oxygen atoms in total. The van der Waals surface area contributed by atoms with Crippen molar-refractivity contribution in [1.82, 2.24) is 14.7 Å². The average molecular weight is 309 g/mol. The van der Waals surface area contributed by atoms with Crippen molar-refractivity contribution in [1.29, 1.82) is 0 Å². The van der Waals surface area contributed by atoms with Crippen molar-refractivity contribution in [3.05, 3.63) is 23.0 Å². The van der Waals surface area contributed by atoms with Gasteiger partial charge in [-0.05, 0) is 26.2 Å². The quantitative estimate of drug-likeness (QED) is 0.859. The fourth-order valence-electron chi connectivity index (χ4n) is 2.54. The summed E-state index contributed by atoms with van der Waals surface area (Å²) in [5.74, 6) is 0.312. The van der Waals surface area contributed by atoms with Crippen LogP contribution in [0, 0.1) is 12.8 Å². The number of aliphatic hydroxyl groups is 1. The van der Waals surface area contributed by atoms with E-state index in [0.29, 0.717) is 18.8 Å². The van der Waals surface area contributed by atoms with E-state index in [-0.39, 0.29) is 12.5 Å². The fourth-order valence-corrected chi connectivity index (χ4v) is 3.46. The van der Waals surface area contributed by atoms with Gasteiger partial charge in [0.05, 0.1) is 17.7 Å². The Kier molecular flexibility index (Phi) is 4.68. The van der Waals surface area contributed by atoms with Crippen LogP contribution in [0.15, 0.2) is 11.6 Å². The molecular weight excluding hydrogens is 286 g/mol. The number of thiazole rings is 1. The molecule has 21 heavy (non-hydrogen) atoms. The summed E-state index contributed by atoms with van der Waals surface area (Å²) in [4.78, 5) is 17.3. The van der Waals surface area contributed by atoms with Crippen LogP contribution in [-0.2, 0) is 11.2 Å². The van der Waals surface area contributed by atoms with Gasteiger partial charge < -0.3 is 10.4 Å². The molecule has 0 aliphatic heterocycles. The van der Waals surface area contributed by atoms with Crippen molar-refractivity contribution in [2.75, 3.05) is 6.54 Å². The van der Waals surface area contributed by atoms with Crippen LogP contribution < -0.4 is 5.32 Å². The van der Waals surface area contributed by atoms with Gasteiger partial charge in [0.1, 0.15) is 0 Å². The van der Waals surface area contributed by atoms with Crippen molar-refractivity contribution in [3.8, 4) is 0 Å². The van der Waals surface area contributed by atoms with Crippen LogP contribution in [0.25, 0.3) is 4.96 Å². The predicted octanol–water partition coefficient (Wildman–Crippen LogP) is 2.16. The third-order valence-corrected chi connectivity index (χ3v) is 4.15. The average Bonchev–Trinajstić information content (AvgIpc) is 2.86. The van der Waals surface area contributed by atoms with E-state index < -0.39 is 5.60 Å². The molecule has 1 atom stereocenters. The first kappa shape index (κ1) is 16.0. The Morgan fingerprint density at radius 3 is 2.95 bits per heavy atom. The Morgan fingerprint density at radius 2 is 2.29 bits per heavy atom.